The number of ether oxygens (including phenoxy) is 2. The number of hydrogen-bond donors (Lipinski definition) is 0. The molecule has 0 amide bonds. The molecule has 0 saturated heterocycles. The van der Waals surface area contributed by atoms with Crippen LogP contribution in [-0.4, -0.2) is 76.5 Å². The molecule has 4 heteroatoms. The minimum Gasteiger partial charge on any atom is -0.494 e. The largest absolute Gasteiger partial charge is 0.494 e. The van der Waals surface area contributed by atoms with Crippen molar-refractivity contribution in [2.75, 3.05) is 67.6 Å². The topological polar surface area (TPSA) is 18.5 Å². The van der Waals surface area contributed by atoms with Gasteiger partial charge in [-0.05, 0) is 88.5 Å². The van der Waals surface area contributed by atoms with E-state index >= 15 is 0 Å². The highest BCUT2D eigenvalue weighted by atomic mass is 16.5. The molecule has 0 radical (unpaired) electrons. The Balaban J connectivity index is 2.03. The van der Waals surface area contributed by atoms with Gasteiger partial charge in [-0.3, -0.25) is 0 Å². The molecular formula is C36H70N2O2+2. The zero-order valence-electron chi connectivity index (χ0n) is 28.0. The van der Waals surface area contributed by atoms with Crippen LogP contribution in [0.5, 0.6) is 11.5 Å². The zero-order chi connectivity index (χ0) is 29.4. The molecule has 0 aliphatic carbocycles. The maximum Gasteiger partial charge on any atom is 0.119 e. The van der Waals surface area contributed by atoms with Crippen LogP contribution in [0.2, 0.25) is 0 Å². The minimum absolute atomic E-state index is 0.804. The van der Waals surface area contributed by atoms with Gasteiger partial charge in [-0.15, -0.1) is 0 Å². The molecule has 0 saturated carbocycles. The summed E-state index contributed by atoms with van der Waals surface area (Å²) in [6.07, 6.45) is 24.0. The van der Waals surface area contributed by atoms with Crippen LogP contribution < -0.4 is 9.47 Å². The first-order chi connectivity index (χ1) is 19.3. The molecule has 0 aliphatic rings. The van der Waals surface area contributed by atoms with Crippen LogP contribution in [0.4, 0.5) is 0 Å². The van der Waals surface area contributed by atoms with E-state index in [4.69, 9.17) is 9.47 Å². The van der Waals surface area contributed by atoms with E-state index in [-0.39, 0.29) is 0 Å². The Morgan fingerprint density at radius 2 is 0.675 bits per heavy atom. The molecule has 40 heavy (non-hydrogen) atoms. The zero-order valence-corrected chi connectivity index (χ0v) is 28.0. The molecule has 4 nitrogen and oxygen atoms in total. The third-order valence-electron chi connectivity index (χ3n) is 8.41. The summed E-state index contributed by atoms with van der Waals surface area (Å²) in [5, 5.41) is 0. The Hall–Kier alpha value is -1.26. The van der Waals surface area contributed by atoms with Gasteiger partial charge in [-0.1, -0.05) is 65.2 Å². The number of unbranched alkanes of at least 4 members (excludes halogenated alkanes) is 14. The summed E-state index contributed by atoms with van der Waals surface area (Å²) < 4.78 is 14.3. The van der Waals surface area contributed by atoms with Crippen molar-refractivity contribution in [1.29, 1.82) is 0 Å². The molecule has 1 aromatic rings. The Morgan fingerprint density at radius 1 is 0.400 bits per heavy atom. The van der Waals surface area contributed by atoms with E-state index in [1.54, 1.807) is 0 Å². The quantitative estimate of drug-likeness (QED) is 0.0747. The minimum atomic E-state index is 0.804. The van der Waals surface area contributed by atoms with E-state index in [0.29, 0.717) is 0 Å². The SMILES string of the molecule is CCCCCCCC[N+](C)(C)CCCCCOc1ccc(OCCCCC[N+](C)(C)CCCCCCCC)cc1. The lowest BCUT2D eigenvalue weighted by Crippen LogP contribution is -2.41. The lowest BCUT2D eigenvalue weighted by atomic mass is 10.1. The van der Waals surface area contributed by atoms with E-state index in [9.17, 15) is 0 Å². The maximum absolute atomic E-state index is 5.98. The fraction of sp³-hybridized carbons (Fsp3) is 0.833. The highest BCUT2D eigenvalue weighted by molar-refractivity contribution is 5.31. The average Bonchev–Trinajstić information content (AvgIpc) is 2.92. The van der Waals surface area contributed by atoms with E-state index in [2.05, 4.69) is 66.3 Å². The summed E-state index contributed by atoms with van der Waals surface area (Å²) in [5.74, 6) is 1.91. The van der Waals surface area contributed by atoms with E-state index in [1.165, 1.54) is 129 Å². The predicted octanol–water partition coefficient (Wildman–Crippen LogP) is 9.66. The number of nitrogens with zero attached hydrogens (tertiary/aromatic N) is 2. The van der Waals surface area contributed by atoms with Gasteiger partial charge in [0.2, 0.25) is 0 Å². The molecule has 234 valence electrons. The third-order valence-corrected chi connectivity index (χ3v) is 8.41. The molecular weight excluding hydrogens is 492 g/mol. The Morgan fingerprint density at radius 3 is 1.00 bits per heavy atom. The van der Waals surface area contributed by atoms with Gasteiger partial charge in [0.15, 0.2) is 0 Å². The molecule has 0 bridgehead atoms. The van der Waals surface area contributed by atoms with Gasteiger partial charge in [0.25, 0.3) is 0 Å². The summed E-state index contributed by atoms with van der Waals surface area (Å²) in [6, 6.07) is 8.21. The Labute approximate surface area is 251 Å². The second-order valence-electron chi connectivity index (χ2n) is 13.6. The summed E-state index contributed by atoms with van der Waals surface area (Å²) in [6.45, 7) is 11.4. The van der Waals surface area contributed by atoms with Crippen molar-refractivity contribution in [2.45, 2.75) is 129 Å². The van der Waals surface area contributed by atoms with Gasteiger partial charge in [0, 0.05) is 0 Å². The number of rotatable bonds is 28. The molecule has 0 aromatic heterocycles. The van der Waals surface area contributed by atoms with Crippen LogP contribution in [0, 0.1) is 0 Å². The first kappa shape index (κ1) is 36.8. The van der Waals surface area contributed by atoms with Crippen molar-refractivity contribution in [3.8, 4) is 11.5 Å². The normalized spacial score (nSPS) is 12.2. The molecule has 0 aliphatic heterocycles. The van der Waals surface area contributed by atoms with Gasteiger partial charge in [-0.25, -0.2) is 0 Å². The van der Waals surface area contributed by atoms with Crippen LogP contribution in [0.3, 0.4) is 0 Å². The van der Waals surface area contributed by atoms with E-state index < -0.39 is 0 Å². The molecule has 0 N–H and O–H groups in total. The summed E-state index contributed by atoms with van der Waals surface area (Å²) >= 11 is 0. The first-order valence-corrected chi connectivity index (χ1v) is 17.3. The molecule has 0 atom stereocenters. The average molecular weight is 563 g/mol. The summed E-state index contributed by atoms with van der Waals surface area (Å²) in [4.78, 5) is 0. The number of hydrogen-bond acceptors (Lipinski definition) is 2. The van der Waals surface area contributed by atoms with E-state index in [1.807, 2.05) is 0 Å². The molecule has 1 aromatic carbocycles. The van der Waals surface area contributed by atoms with Gasteiger partial charge in [0.05, 0.1) is 67.6 Å². The number of quaternary nitrogens is 2. The predicted molar refractivity (Wildman–Crippen MR) is 176 cm³/mol. The van der Waals surface area contributed by atoms with Gasteiger partial charge < -0.3 is 18.4 Å². The summed E-state index contributed by atoms with van der Waals surface area (Å²) in [5.41, 5.74) is 0. The second kappa shape index (κ2) is 23.3. The van der Waals surface area contributed by atoms with Gasteiger partial charge in [0.1, 0.15) is 11.5 Å². The Bertz CT molecular complexity index is 628. The smallest absolute Gasteiger partial charge is 0.119 e. The van der Waals surface area contributed by atoms with Gasteiger partial charge in [-0.2, -0.15) is 0 Å². The molecule has 1 rings (SSSR count). The van der Waals surface area contributed by atoms with Crippen LogP contribution in [0.15, 0.2) is 24.3 Å². The highest BCUT2D eigenvalue weighted by Crippen LogP contribution is 2.19. The second-order valence-corrected chi connectivity index (χ2v) is 13.6. The molecule has 0 fully saturated rings. The highest BCUT2D eigenvalue weighted by Gasteiger charge is 2.14. The van der Waals surface area contributed by atoms with E-state index in [0.717, 1.165) is 46.5 Å². The van der Waals surface area contributed by atoms with Crippen molar-refractivity contribution in [2.24, 2.45) is 0 Å². The lowest BCUT2D eigenvalue weighted by Gasteiger charge is -2.30. The summed E-state index contributed by atoms with van der Waals surface area (Å²) in [7, 11) is 9.57. The third kappa shape index (κ3) is 21.5. The fourth-order valence-electron chi connectivity index (χ4n) is 5.51. The van der Waals surface area contributed by atoms with Crippen molar-refractivity contribution in [3.63, 3.8) is 0 Å². The lowest BCUT2D eigenvalue weighted by molar-refractivity contribution is -0.890. The van der Waals surface area contributed by atoms with Crippen molar-refractivity contribution >= 4 is 0 Å². The van der Waals surface area contributed by atoms with Crippen LogP contribution in [-0.2, 0) is 0 Å². The molecule has 0 heterocycles. The number of benzene rings is 1. The Kier molecular flexibility index (Phi) is 21.4. The van der Waals surface area contributed by atoms with Gasteiger partial charge >= 0.3 is 0 Å². The maximum atomic E-state index is 5.98. The van der Waals surface area contributed by atoms with Crippen LogP contribution >= 0.6 is 0 Å². The monoisotopic (exact) mass is 563 g/mol. The van der Waals surface area contributed by atoms with Crippen molar-refractivity contribution in [1.82, 2.24) is 0 Å². The fourth-order valence-corrected chi connectivity index (χ4v) is 5.51. The molecule has 0 unspecified atom stereocenters. The van der Waals surface area contributed by atoms with Crippen molar-refractivity contribution < 1.29 is 18.4 Å². The van der Waals surface area contributed by atoms with Crippen LogP contribution in [0.1, 0.15) is 129 Å². The first-order valence-electron chi connectivity index (χ1n) is 17.3. The standard InChI is InChI=1S/C36H70N2O2/c1-7-9-11-13-15-19-29-37(3,4)31-21-17-23-33-39-35-25-27-36(28-26-35)40-34-24-18-22-32-38(5,6)30-20-16-14-12-10-8-2/h25-28H,7-24,29-34H2,1-6H3/q+2. The molecule has 0 spiro atoms. The van der Waals surface area contributed by atoms with Crippen molar-refractivity contribution in [3.05, 3.63) is 24.3 Å². The van der Waals surface area contributed by atoms with Crippen LogP contribution in [0.25, 0.3) is 0 Å².